The van der Waals surface area contributed by atoms with E-state index in [1.807, 2.05) is 51.0 Å². The largest absolute Gasteiger partial charge is 0.308 e. The van der Waals surface area contributed by atoms with E-state index >= 15 is 0 Å². The summed E-state index contributed by atoms with van der Waals surface area (Å²) in [6.45, 7) is 4.83. The zero-order chi connectivity index (χ0) is 21.2. The van der Waals surface area contributed by atoms with Crippen molar-refractivity contribution >= 4 is 54.8 Å². The van der Waals surface area contributed by atoms with Gasteiger partial charge in [-0.2, -0.15) is 0 Å². The van der Waals surface area contributed by atoms with E-state index in [0.717, 1.165) is 21.3 Å². The number of rotatable bonds is 7. The highest BCUT2D eigenvalue weighted by Gasteiger charge is 2.26. The summed E-state index contributed by atoms with van der Waals surface area (Å²) in [5, 5.41) is 0.528. The van der Waals surface area contributed by atoms with Gasteiger partial charge in [-0.15, -0.1) is 12.4 Å². The summed E-state index contributed by atoms with van der Waals surface area (Å²) < 4.78 is 26.5. The highest BCUT2D eigenvalue weighted by atomic mass is 35.5. The second kappa shape index (κ2) is 9.87. The number of carbonyl (C=O) groups excluding carboxylic acids is 1. The molecule has 1 aromatic heterocycles. The first-order chi connectivity index (χ1) is 13.7. The molecule has 0 aliphatic heterocycles. The Kier molecular flexibility index (Phi) is 7.99. The van der Waals surface area contributed by atoms with Gasteiger partial charge >= 0.3 is 0 Å². The van der Waals surface area contributed by atoms with Crippen molar-refractivity contribution in [2.24, 2.45) is 0 Å². The number of sulfone groups is 1. The molecule has 3 aromatic rings. The van der Waals surface area contributed by atoms with Crippen LogP contribution in [0.25, 0.3) is 10.2 Å². The number of halogens is 1. The van der Waals surface area contributed by atoms with Gasteiger partial charge in [0.15, 0.2) is 15.0 Å². The molecule has 0 fully saturated rings. The zero-order valence-electron chi connectivity index (χ0n) is 17.5. The van der Waals surface area contributed by atoms with E-state index in [0.29, 0.717) is 18.2 Å². The molecular formula is C21H26ClN3O3S2. The molecular weight excluding hydrogens is 442 g/mol. The first-order valence-electron chi connectivity index (χ1n) is 9.28. The van der Waals surface area contributed by atoms with Gasteiger partial charge in [0.2, 0.25) is 5.91 Å². The van der Waals surface area contributed by atoms with Gasteiger partial charge in [-0.25, -0.2) is 13.4 Å². The minimum Gasteiger partial charge on any atom is -0.308 e. The molecule has 0 atom stereocenters. The van der Waals surface area contributed by atoms with Crippen molar-refractivity contribution < 1.29 is 13.2 Å². The third kappa shape index (κ3) is 5.57. The van der Waals surface area contributed by atoms with Crippen molar-refractivity contribution in [3.8, 4) is 0 Å². The second-order valence-electron chi connectivity index (χ2n) is 7.34. The van der Waals surface area contributed by atoms with Crippen molar-refractivity contribution in [2.75, 3.05) is 37.8 Å². The van der Waals surface area contributed by atoms with Crippen LogP contribution in [-0.4, -0.2) is 57.1 Å². The molecule has 3 rings (SSSR count). The fraction of sp³-hybridized carbons (Fsp3) is 0.333. The van der Waals surface area contributed by atoms with Crippen molar-refractivity contribution in [3.63, 3.8) is 0 Å². The number of aryl methyl sites for hydroxylation is 2. The van der Waals surface area contributed by atoms with Crippen LogP contribution in [0.2, 0.25) is 0 Å². The summed E-state index contributed by atoms with van der Waals surface area (Å²) in [5.41, 5.74) is 2.83. The SMILES string of the molecule is Cc1ccc(S(=O)(=O)CC(=O)N(CCN(C)C)c2nc3c(C)cccc3s2)cc1.Cl. The standard InChI is InChI=1S/C21H25N3O3S2.ClH/c1-15-8-10-17(11-9-15)29(26,27)14-19(25)24(13-12-23(3)4)21-22-20-16(2)6-5-7-18(20)28-21;/h5-11H,12-14H2,1-4H3;1H. The molecule has 1 heterocycles. The molecule has 0 aliphatic carbocycles. The van der Waals surface area contributed by atoms with E-state index < -0.39 is 21.5 Å². The van der Waals surface area contributed by atoms with Crippen molar-refractivity contribution in [1.29, 1.82) is 0 Å². The molecule has 2 aromatic carbocycles. The predicted octanol–water partition coefficient (Wildman–Crippen LogP) is 3.70. The van der Waals surface area contributed by atoms with Crippen LogP contribution in [0.5, 0.6) is 0 Å². The molecule has 162 valence electrons. The summed E-state index contributed by atoms with van der Waals surface area (Å²) >= 11 is 1.40. The van der Waals surface area contributed by atoms with E-state index in [2.05, 4.69) is 4.98 Å². The quantitative estimate of drug-likeness (QED) is 0.529. The molecule has 30 heavy (non-hydrogen) atoms. The van der Waals surface area contributed by atoms with Crippen molar-refractivity contribution in [3.05, 3.63) is 53.6 Å². The monoisotopic (exact) mass is 467 g/mol. The molecule has 9 heteroatoms. The Morgan fingerprint density at radius 3 is 2.30 bits per heavy atom. The molecule has 0 aliphatic rings. The first-order valence-corrected chi connectivity index (χ1v) is 11.7. The first kappa shape index (κ1) is 24.3. The van der Waals surface area contributed by atoms with E-state index in [-0.39, 0.29) is 17.3 Å². The Hall–Kier alpha value is -2.00. The number of hydrogen-bond donors (Lipinski definition) is 0. The molecule has 0 bridgehead atoms. The van der Waals surface area contributed by atoms with Crippen LogP contribution < -0.4 is 4.90 Å². The van der Waals surface area contributed by atoms with E-state index in [9.17, 15) is 13.2 Å². The maximum absolute atomic E-state index is 13.1. The minimum absolute atomic E-state index is 0. The summed E-state index contributed by atoms with van der Waals surface area (Å²) in [4.78, 5) is 21.3. The number of fused-ring (bicyclic) bond motifs is 1. The Labute approximate surface area is 187 Å². The van der Waals surface area contributed by atoms with Crippen LogP contribution >= 0.6 is 23.7 Å². The summed E-state index contributed by atoms with van der Waals surface area (Å²) in [6, 6.07) is 12.4. The van der Waals surface area contributed by atoms with Gasteiger partial charge in [0.05, 0.1) is 15.1 Å². The van der Waals surface area contributed by atoms with E-state index in [1.165, 1.54) is 16.2 Å². The van der Waals surface area contributed by atoms with Gasteiger partial charge in [-0.1, -0.05) is 41.2 Å². The van der Waals surface area contributed by atoms with Crippen LogP contribution in [0.3, 0.4) is 0 Å². The Balaban J connectivity index is 0.00000320. The summed E-state index contributed by atoms with van der Waals surface area (Å²) in [7, 11) is 0.0878. The third-order valence-corrected chi connectivity index (χ3v) is 7.27. The van der Waals surface area contributed by atoms with Crippen LogP contribution in [0.4, 0.5) is 5.13 Å². The summed E-state index contributed by atoms with van der Waals surface area (Å²) in [6.07, 6.45) is 0. The summed E-state index contributed by atoms with van der Waals surface area (Å²) in [5.74, 6) is -1.05. The van der Waals surface area contributed by atoms with Crippen molar-refractivity contribution in [2.45, 2.75) is 18.7 Å². The fourth-order valence-electron chi connectivity index (χ4n) is 2.89. The fourth-order valence-corrected chi connectivity index (χ4v) is 5.17. The Bertz CT molecular complexity index is 1130. The lowest BCUT2D eigenvalue weighted by atomic mass is 10.2. The lowest BCUT2D eigenvalue weighted by Gasteiger charge is -2.22. The van der Waals surface area contributed by atoms with Crippen LogP contribution in [0, 0.1) is 13.8 Å². The number of anilines is 1. The molecule has 0 spiro atoms. The van der Waals surface area contributed by atoms with Gasteiger partial charge in [-0.3, -0.25) is 9.69 Å². The van der Waals surface area contributed by atoms with Gasteiger partial charge < -0.3 is 4.90 Å². The maximum atomic E-state index is 13.1. The van der Waals surface area contributed by atoms with E-state index in [4.69, 9.17) is 0 Å². The van der Waals surface area contributed by atoms with Crippen LogP contribution in [-0.2, 0) is 14.6 Å². The van der Waals surface area contributed by atoms with Crippen LogP contribution in [0.15, 0.2) is 47.4 Å². The number of benzene rings is 2. The molecule has 0 radical (unpaired) electrons. The zero-order valence-corrected chi connectivity index (χ0v) is 19.9. The number of para-hydroxylation sites is 1. The molecule has 0 saturated heterocycles. The van der Waals surface area contributed by atoms with Gasteiger partial charge in [-0.05, 0) is 51.7 Å². The van der Waals surface area contributed by atoms with E-state index in [1.54, 1.807) is 24.3 Å². The number of hydrogen-bond acceptors (Lipinski definition) is 6. The van der Waals surface area contributed by atoms with Crippen LogP contribution in [0.1, 0.15) is 11.1 Å². The smallest absolute Gasteiger partial charge is 0.244 e. The lowest BCUT2D eigenvalue weighted by molar-refractivity contribution is -0.116. The minimum atomic E-state index is -3.73. The number of aromatic nitrogens is 1. The molecule has 1 amide bonds. The third-order valence-electron chi connectivity index (χ3n) is 4.61. The molecule has 0 N–H and O–H groups in total. The number of thiazole rings is 1. The Morgan fingerprint density at radius 1 is 1.03 bits per heavy atom. The average Bonchev–Trinajstić information content (AvgIpc) is 3.07. The van der Waals surface area contributed by atoms with Gasteiger partial charge in [0.25, 0.3) is 0 Å². The highest BCUT2D eigenvalue weighted by molar-refractivity contribution is 7.92. The topological polar surface area (TPSA) is 70.6 Å². The lowest BCUT2D eigenvalue weighted by Crippen LogP contribution is -2.40. The average molecular weight is 468 g/mol. The number of nitrogens with zero attached hydrogens (tertiary/aromatic N) is 3. The number of carbonyl (C=O) groups is 1. The second-order valence-corrected chi connectivity index (χ2v) is 10.3. The maximum Gasteiger partial charge on any atom is 0.244 e. The van der Waals surface area contributed by atoms with Gasteiger partial charge in [0.1, 0.15) is 5.75 Å². The number of likely N-dealkylation sites (N-methyl/N-ethyl adjacent to an activating group) is 1. The molecule has 0 saturated carbocycles. The molecule has 0 unspecified atom stereocenters. The normalized spacial score (nSPS) is 11.5. The predicted molar refractivity (Wildman–Crippen MR) is 126 cm³/mol. The number of amides is 1. The molecule has 6 nitrogen and oxygen atoms in total. The highest BCUT2D eigenvalue weighted by Crippen LogP contribution is 2.31. The Morgan fingerprint density at radius 2 is 1.70 bits per heavy atom. The van der Waals surface area contributed by atoms with Crippen molar-refractivity contribution in [1.82, 2.24) is 9.88 Å². The van der Waals surface area contributed by atoms with Gasteiger partial charge in [0, 0.05) is 13.1 Å².